The van der Waals surface area contributed by atoms with E-state index in [1.807, 2.05) is 0 Å². The summed E-state index contributed by atoms with van der Waals surface area (Å²) in [5.74, 6) is 0.268. The van der Waals surface area contributed by atoms with E-state index in [0.717, 1.165) is 6.04 Å². The summed E-state index contributed by atoms with van der Waals surface area (Å²) >= 11 is 5.41. The highest BCUT2D eigenvalue weighted by Gasteiger charge is 2.10. The number of alkyl halides is 1. The van der Waals surface area contributed by atoms with Crippen molar-refractivity contribution in [2.24, 2.45) is 5.41 Å². The minimum Gasteiger partial charge on any atom is -0.421 e. The zero-order chi connectivity index (χ0) is 9.61. The summed E-state index contributed by atoms with van der Waals surface area (Å²) in [6.07, 6.45) is -0.487. The Kier molecular flexibility index (Phi) is 6.18. The van der Waals surface area contributed by atoms with Gasteiger partial charge in [-0.25, -0.2) is 0 Å². The largest absolute Gasteiger partial charge is 0.421 e. The summed E-state index contributed by atoms with van der Waals surface area (Å²) in [4.78, 5) is 0. The van der Waals surface area contributed by atoms with E-state index < -0.39 is 15.9 Å². The van der Waals surface area contributed by atoms with E-state index in [2.05, 4.69) is 20.8 Å². The molecule has 0 aromatic carbocycles. The Morgan fingerprint density at radius 3 is 2.50 bits per heavy atom. The third kappa shape index (κ3) is 8.52. The first kappa shape index (κ1) is 12.4. The molecule has 0 saturated heterocycles. The minimum absolute atomic E-state index is 0.268. The fourth-order valence-electron chi connectivity index (χ4n) is 0.642. The lowest BCUT2D eigenvalue weighted by Gasteiger charge is -2.17. The van der Waals surface area contributed by atoms with E-state index in [4.69, 9.17) is 21.1 Å². The van der Waals surface area contributed by atoms with Crippen LogP contribution in [0.25, 0.3) is 0 Å². The summed E-state index contributed by atoms with van der Waals surface area (Å²) in [6, 6.07) is 1.14. The van der Waals surface area contributed by atoms with Gasteiger partial charge in [-0.2, -0.15) is 0 Å². The van der Waals surface area contributed by atoms with Crippen LogP contribution in [0.5, 0.6) is 0 Å². The smallest absolute Gasteiger partial charge is 0.162 e. The average molecular weight is 211 g/mol. The molecule has 0 fully saturated rings. The molecule has 0 heterocycles. The maximum atomic E-state index is 9.05. The summed E-state index contributed by atoms with van der Waals surface area (Å²) < 4.78 is 5.37. The van der Waals surface area contributed by atoms with Gasteiger partial charge in [0.1, 0.15) is 0 Å². The van der Waals surface area contributed by atoms with Gasteiger partial charge in [-0.05, 0) is 11.5 Å². The Morgan fingerprint density at radius 2 is 2.08 bits per heavy atom. The predicted molar refractivity (Wildman–Crippen MR) is 55.5 cm³/mol. The zero-order valence-corrected chi connectivity index (χ0v) is 10.3. The second-order valence-corrected chi connectivity index (χ2v) is 5.82. The van der Waals surface area contributed by atoms with E-state index in [1.165, 1.54) is 0 Å². The average Bonchev–Trinajstić information content (AvgIpc) is 1.96. The van der Waals surface area contributed by atoms with Crippen molar-refractivity contribution in [3.05, 3.63) is 0 Å². The van der Waals surface area contributed by atoms with Gasteiger partial charge in [-0.3, -0.25) is 0 Å². The third-order valence-corrected chi connectivity index (χ3v) is 4.07. The van der Waals surface area contributed by atoms with Gasteiger partial charge in [0.25, 0.3) is 0 Å². The predicted octanol–water partition coefficient (Wildman–Crippen LogP) is 1.15. The fraction of sp³-hybridized carbons (Fsp3) is 1.00. The molecule has 12 heavy (non-hydrogen) atoms. The minimum atomic E-state index is -0.487. The van der Waals surface area contributed by atoms with Crippen LogP contribution < -0.4 is 0 Å². The number of aliphatic hydroxyl groups excluding tert-OH is 1. The second-order valence-electron chi connectivity index (χ2n) is 4.19. The number of hydrogen-bond donors (Lipinski definition) is 1. The number of aliphatic hydroxyl groups is 1. The molecule has 0 unspecified atom stereocenters. The number of hydrogen-bond acceptors (Lipinski definition) is 2. The molecule has 1 atom stereocenters. The van der Waals surface area contributed by atoms with Crippen molar-refractivity contribution in [3.8, 4) is 0 Å². The van der Waals surface area contributed by atoms with Crippen LogP contribution >= 0.6 is 11.6 Å². The molecule has 0 rings (SSSR count). The highest BCUT2D eigenvalue weighted by molar-refractivity contribution is 6.27. The molecule has 2 nitrogen and oxygen atoms in total. The lowest BCUT2D eigenvalue weighted by molar-refractivity contribution is 0.127. The molecule has 0 amide bonds. The van der Waals surface area contributed by atoms with E-state index in [-0.39, 0.29) is 5.88 Å². The van der Waals surface area contributed by atoms with Gasteiger partial charge in [-0.1, -0.05) is 20.8 Å². The molecular weight excluding hydrogens is 192 g/mol. The van der Waals surface area contributed by atoms with Gasteiger partial charge in [-0.15, -0.1) is 11.6 Å². The highest BCUT2D eigenvalue weighted by Crippen LogP contribution is 2.18. The molecule has 1 N–H and O–H groups in total. The molecule has 4 heteroatoms. The second kappa shape index (κ2) is 5.97. The molecule has 0 aliphatic rings. The van der Waals surface area contributed by atoms with Crippen molar-refractivity contribution in [1.82, 2.24) is 0 Å². The van der Waals surface area contributed by atoms with Crippen molar-refractivity contribution in [1.29, 1.82) is 0 Å². The molecule has 0 aromatic rings. The summed E-state index contributed by atoms with van der Waals surface area (Å²) in [5.41, 5.74) is 0.359. The molecule has 74 valence electrons. The van der Waals surface area contributed by atoms with E-state index in [0.29, 0.717) is 12.0 Å². The first-order valence-corrected chi connectivity index (χ1v) is 6.38. The Balaban J connectivity index is 3.22. The normalized spacial score (nSPS) is 15.8. The number of halogens is 1. The van der Waals surface area contributed by atoms with Crippen molar-refractivity contribution in [2.75, 3.05) is 12.5 Å². The topological polar surface area (TPSA) is 29.5 Å². The summed E-state index contributed by atoms with van der Waals surface area (Å²) in [6.45, 7) is 7.00. The monoisotopic (exact) mass is 210 g/mol. The van der Waals surface area contributed by atoms with Gasteiger partial charge >= 0.3 is 0 Å². The SMILES string of the molecule is CC(C)(C)C[SiH2]OC[C@@H](O)CCl. The Morgan fingerprint density at radius 1 is 1.50 bits per heavy atom. The zero-order valence-electron chi connectivity index (χ0n) is 8.14. The standard InChI is InChI=1S/C8H19ClO2Si/c1-8(2,3)6-12-11-5-7(10)4-9/h7,10H,4-6,12H2,1-3H3/t7-/m0/s1. The molecule has 0 spiro atoms. The van der Waals surface area contributed by atoms with E-state index in [1.54, 1.807) is 0 Å². The molecule has 0 aromatic heterocycles. The first-order valence-electron chi connectivity index (χ1n) is 4.27. The van der Waals surface area contributed by atoms with Gasteiger partial charge < -0.3 is 9.53 Å². The Labute approximate surface area is 82.2 Å². The van der Waals surface area contributed by atoms with Crippen LogP contribution in [-0.4, -0.2) is 33.5 Å². The molecule has 0 saturated carbocycles. The van der Waals surface area contributed by atoms with Crippen LogP contribution in [0.4, 0.5) is 0 Å². The molecule has 0 aliphatic heterocycles. The lowest BCUT2D eigenvalue weighted by Crippen LogP contribution is -2.20. The fourth-order valence-corrected chi connectivity index (χ4v) is 1.93. The molecule has 0 bridgehead atoms. The van der Waals surface area contributed by atoms with Gasteiger partial charge in [0.05, 0.1) is 18.6 Å². The van der Waals surface area contributed by atoms with Crippen molar-refractivity contribution >= 4 is 21.4 Å². The maximum absolute atomic E-state index is 9.05. The Hall–Kier alpha value is 0.427. The van der Waals surface area contributed by atoms with Crippen LogP contribution in [0.15, 0.2) is 0 Å². The van der Waals surface area contributed by atoms with Crippen LogP contribution in [0.1, 0.15) is 20.8 Å². The van der Waals surface area contributed by atoms with Crippen LogP contribution in [0.2, 0.25) is 6.04 Å². The maximum Gasteiger partial charge on any atom is 0.162 e. The quantitative estimate of drug-likeness (QED) is 0.419. The third-order valence-electron chi connectivity index (χ3n) is 1.48. The first-order chi connectivity index (χ1) is 5.45. The van der Waals surface area contributed by atoms with Crippen molar-refractivity contribution in [3.63, 3.8) is 0 Å². The van der Waals surface area contributed by atoms with Gasteiger partial charge in [0.15, 0.2) is 9.76 Å². The van der Waals surface area contributed by atoms with Gasteiger partial charge in [0.2, 0.25) is 0 Å². The highest BCUT2D eigenvalue weighted by atomic mass is 35.5. The summed E-state index contributed by atoms with van der Waals surface area (Å²) in [5, 5.41) is 9.05. The van der Waals surface area contributed by atoms with Crippen LogP contribution in [-0.2, 0) is 4.43 Å². The van der Waals surface area contributed by atoms with Gasteiger partial charge in [0, 0.05) is 0 Å². The van der Waals surface area contributed by atoms with Crippen LogP contribution in [0.3, 0.4) is 0 Å². The molecule has 0 radical (unpaired) electrons. The lowest BCUT2D eigenvalue weighted by atomic mass is 10.0. The van der Waals surface area contributed by atoms with Crippen LogP contribution in [0, 0.1) is 5.41 Å². The molecule has 0 aliphatic carbocycles. The molecular formula is C8H19ClO2Si. The van der Waals surface area contributed by atoms with E-state index >= 15 is 0 Å². The summed E-state index contributed by atoms with van der Waals surface area (Å²) in [7, 11) is -0.464. The Bertz CT molecular complexity index is 114. The van der Waals surface area contributed by atoms with Crippen molar-refractivity contribution in [2.45, 2.75) is 32.9 Å². The number of rotatable bonds is 5. The van der Waals surface area contributed by atoms with Crippen molar-refractivity contribution < 1.29 is 9.53 Å². The van der Waals surface area contributed by atoms with E-state index in [9.17, 15) is 0 Å².